The third-order valence-electron chi connectivity index (χ3n) is 3.34. The number of hydrogen-bond donors (Lipinski definition) is 1. The molecule has 0 radical (unpaired) electrons. The Hall–Kier alpha value is -1.13. The summed E-state index contributed by atoms with van der Waals surface area (Å²) in [5.74, 6) is -0.0349. The first kappa shape index (κ1) is 13.3. The molecule has 2 atom stereocenters. The number of hydrogen-bond acceptors (Lipinski definition) is 3. The van der Waals surface area contributed by atoms with Gasteiger partial charge in [0, 0.05) is 0 Å². The van der Waals surface area contributed by atoms with Gasteiger partial charge in [0.05, 0.1) is 15.9 Å². The molecule has 0 unspecified atom stereocenters. The number of sulfone groups is 1. The summed E-state index contributed by atoms with van der Waals surface area (Å²) in [6.45, 7) is 1.91. The van der Waals surface area contributed by atoms with E-state index in [0.717, 1.165) is 12.8 Å². The first-order valence-electron chi connectivity index (χ1n) is 6.21. The van der Waals surface area contributed by atoms with Crippen LogP contribution >= 0.6 is 0 Å². The van der Waals surface area contributed by atoms with Crippen molar-refractivity contribution in [1.82, 2.24) is 0 Å². The molecule has 0 bridgehead atoms. The van der Waals surface area contributed by atoms with Gasteiger partial charge in [-0.25, -0.2) is 8.42 Å². The second kappa shape index (κ2) is 5.24. The summed E-state index contributed by atoms with van der Waals surface area (Å²) in [5, 5.41) is 9.75. The molecule has 0 saturated carbocycles. The topological polar surface area (TPSA) is 54.4 Å². The first-order chi connectivity index (χ1) is 8.51. The van der Waals surface area contributed by atoms with Gasteiger partial charge in [0.15, 0.2) is 0 Å². The second-order valence-electron chi connectivity index (χ2n) is 4.78. The molecule has 98 valence electrons. The average Bonchev–Trinajstić information content (AvgIpc) is 2.53. The molecule has 0 amide bonds. The van der Waals surface area contributed by atoms with E-state index in [2.05, 4.69) is 0 Å². The Balaban J connectivity index is 2.46. The highest BCUT2D eigenvalue weighted by atomic mass is 32.2. The van der Waals surface area contributed by atoms with Gasteiger partial charge in [-0.15, -0.1) is 0 Å². The van der Waals surface area contributed by atoms with Gasteiger partial charge in [-0.2, -0.15) is 0 Å². The molecule has 0 fully saturated rings. The van der Waals surface area contributed by atoms with Gasteiger partial charge in [0.2, 0.25) is 9.84 Å². The molecule has 1 N–H and O–H groups in total. The molecule has 1 aliphatic rings. The lowest BCUT2D eigenvalue weighted by molar-refractivity contribution is 0.211. The summed E-state index contributed by atoms with van der Waals surface area (Å²) in [7, 11) is -3.47. The molecule has 0 heterocycles. The molecule has 18 heavy (non-hydrogen) atoms. The number of rotatable bonds is 2. The van der Waals surface area contributed by atoms with E-state index in [0.29, 0.717) is 16.2 Å². The molecule has 3 nitrogen and oxygen atoms in total. The zero-order valence-corrected chi connectivity index (χ0v) is 11.2. The predicted molar refractivity (Wildman–Crippen MR) is 70.7 cm³/mol. The summed E-state index contributed by atoms with van der Waals surface area (Å²) in [6, 6.07) is 8.41. The van der Waals surface area contributed by atoms with Gasteiger partial charge in [0.1, 0.15) is 0 Å². The van der Waals surface area contributed by atoms with E-state index in [9.17, 15) is 13.5 Å². The van der Waals surface area contributed by atoms with Crippen molar-refractivity contribution >= 4 is 9.84 Å². The zero-order valence-electron chi connectivity index (χ0n) is 10.4. The Kier molecular flexibility index (Phi) is 3.88. The minimum absolute atomic E-state index is 0.0349. The quantitative estimate of drug-likeness (QED) is 0.895. The molecule has 1 aliphatic carbocycles. The van der Waals surface area contributed by atoms with Crippen LogP contribution in [0.1, 0.15) is 26.2 Å². The molecule has 0 saturated heterocycles. The van der Waals surface area contributed by atoms with Crippen molar-refractivity contribution in [2.75, 3.05) is 0 Å². The molecule has 4 heteroatoms. The van der Waals surface area contributed by atoms with Gasteiger partial charge in [-0.3, -0.25) is 0 Å². The monoisotopic (exact) mass is 266 g/mol. The summed E-state index contributed by atoms with van der Waals surface area (Å²) in [6.07, 6.45) is 3.16. The van der Waals surface area contributed by atoms with Crippen LogP contribution in [-0.2, 0) is 9.84 Å². The first-order valence-corrected chi connectivity index (χ1v) is 7.70. The highest BCUT2D eigenvalue weighted by molar-refractivity contribution is 7.95. The van der Waals surface area contributed by atoms with E-state index in [1.807, 2.05) is 6.92 Å². The average molecular weight is 266 g/mol. The smallest absolute Gasteiger partial charge is 0.202 e. The molecule has 1 aromatic rings. The van der Waals surface area contributed by atoms with Gasteiger partial charge in [0.25, 0.3) is 0 Å². The Morgan fingerprint density at radius 3 is 2.50 bits per heavy atom. The lowest BCUT2D eigenvalue weighted by atomic mass is 10.1. The number of benzene rings is 1. The van der Waals surface area contributed by atoms with Crippen LogP contribution in [0, 0.1) is 5.92 Å². The lowest BCUT2D eigenvalue weighted by Crippen LogP contribution is -2.12. The molecule has 0 aromatic heterocycles. The van der Waals surface area contributed by atoms with Crippen LogP contribution in [0.2, 0.25) is 0 Å². The minimum atomic E-state index is -3.47. The van der Waals surface area contributed by atoms with E-state index in [4.69, 9.17) is 0 Å². The van der Waals surface area contributed by atoms with Crippen LogP contribution < -0.4 is 0 Å². The van der Waals surface area contributed by atoms with Crippen molar-refractivity contribution in [3.63, 3.8) is 0 Å². The fraction of sp³-hybridized carbons (Fsp3) is 0.429. The third-order valence-corrected chi connectivity index (χ3v) is 5.40. The van der Waals surface area contributed by atoms with Crippen LogP contribution in [0.15, 0.2) is 46.2 Å². The largest absolute Gasteiger partial charge is 0.389 e. The molecular formula is C14H18O3S. The van der Waals surface area contributed by atoms with E-state index in [1.54, 1.807) is 30.3 Å². The second-order valence-corrected chi connectivity index (χ2v) is 6.73. The van der Waals surface area contributed by atoms with Crippen molar-refractivity contribution in [2.24, 2.45) is 5.92 Å². The maximum absolute atomic E-state index is 12.5. The minimum Gasteiger partial charge on any atom is -0.389 e. The van der Waals surface area contributed by atoms with E-state index in [1.165, 1.54) is 6.08 Å². The fourth-order valence-electron chi connectivity index (χ4n) is 2.30. The summed E-state index contributed by atoms with van der Waals surface area (Å²) >= 11 is 0. The van der Waals surface area contributed by atoms with Gasteiger partial charge in [-0.1, -0.05) is 25.1 Å². The van der Waals surface area contributed by atoms with Crippen molar-refractivity contribution in [3.8, 4) is 0 Å². The van der Waals surface area contributed by atoms with Gasteiger partial charge in [-0.05, 0) is 43.4 Å². The van der Waals surface area contributed by atoms with Crippen LogP contribution in [0.5, 0.6) is 0 Å². The Bertz CT molecular complexity index is 531. The van der Waals surface area contributed by atoms with Gasteiger partial charge >= 0.3 is 0 Å². The highest BCUT2D eigenvalue weighted by Gasteiger charge is 2.27. The van der Waals surface area contributed by atoms with Crippen LogP contribution in [0.4, 0.5) is 0 Å². The molecule has 1 aromatic carbocycles. The van der Waals surface area contributed by atoms with E-state index >= 15 is 0 Å². The zero-order chi connectivity index (χ0) is 13.2. The molecular weight excluding hydrogens is 248 g/mol. The number of aliphatic hydroxyl groups is 1. The van der Waals surface area contributed by atoms with Crippen LogP contribution in [-0.4, -0.2) is 19.6 Å². The summed E-state index contributed by atoms with van der Waals surface area (Å²) < 4.78 is 25.0. The number of allylic oxidation sites excluding steroid dienone is 1. The van der Waals surface area contributed by atoms with Crippen molar-refractivity contribution < 1.29 is 13.5 Å². The highest BCUT2D eigenvalue weighted by Crippen LogP contribution is 2.31. The van der Waals surface area contributed by atoms with E-state index < -0.39 is 15.9 Å². The van der Waals surface area contributed by atoms with Crippen molar-refractivity contribution in [1.29, 1.82) is 0 Å². The predicted octanol–water partition coefficient (Wildman–Crippen LogP) is 2.53. The van der Waals surface area contributed by atoms with Crippen molar-refractivity contribution in [3.05, 3.63) is 41.3 Å². The number of aliphatic hydroxyl groups excluding tert-OH is 1. The normalized spacial score (nSPS) is 25.3. The Labute approximate surface area is 108 Å². The van der Waals surface area contributed by atoms with Crippen LogP contribution in [0.3, 0.4) is 0 Å². The lowest BCUT2D eigenvalue weighted by Gasteiger charge is -2.14. The standard InChI is InChI=1S/C14H18O3S/c1-11-6-5-7-12(15)10-14(11)18(16,17)13-8-3-2-4-9-13/h2-4,8-12,15H,5-7H2,1H3/t11-,12+/m0/s1. The van der Waals surface area contributed by atoms with Crippen molar-refractivity contribution in [2.45, 2.75) is 37.2 Å². The molecule has 0 spiro atoms. The summed E-state index contributed by atoms with van der Waals surface area (Å²) in [5.41, 5.74) is 0. The SMILES string of the molecule is C[C@H]1CCC[C@@H](O)C=C1S(=O)(=O)c1ccccc1. The molecule has 0 aliphatic heterocycles. The van der Waals surface area contributed by atoms with E-state index in [-0.39, 0.29) is 5.92 Å². The Morgan fingerprint density at radius 2 is 1.83 bits per heavy atom. The molecule has 2 rings (SSSR count). The summed E-state index contributed by atoms with van der Waals surface area (Å²) in [4.78, 5) is 0.663. The Morgan fingerprint density at radius 1 is 1.17 bits per heavy atom. The maximum atomic E-state index is 12.5. The van der Waals surface area contributed by atoms with Crippen LogP contribution in [0.25, 0.3) is 0 Å². The van der Waals surface area contributed by atoms with Gasteiger partial charge < -0.3 is 5.11 Å². The third kappa shape index (κ3) is 2.65. The fourth-order valence-corrected chi connectivity index (χ4v) is 4.07. The maximum Gasteiger partial charge on any atom is 0.202 e.